The smallest absolute Gasteiger partial charge is 0.321 e. The summed E-state index contributed by atoms with van der Waals surface area (Å²) in [6.07, 6.45) is 8.01. The molecule has 0 aliphatic carbocycles. The monoisotopic (exact) mass is 380 g/mol. The van der Waals surface area contributed by atoms with E-state index in [1.165, 1.54) is 0 Å². The van der Waals surface area contributed by atoms with E-state index in [4.69, 9.17) is 4.74 Å². The highest BCUT2D eigenvalue weighted by atomic mass is 16.5. The van der Waals surface area contributed by atoms with Crippen molar-refractivity contribution in [3.63, 3.8) is 0 Å². The number of anilines is 1. The predicted octanol–water partition coefficient (Wildman–Crippen LogP) is 3.62. The number of carbonyl (C=O) groups is 1. The van der Waals surface area contributed by atoms with Gasteiger partial charge in [-0.25, -0.2) is 4.79 Å². The Bertz CT molecular complexity index is 740. The Balaban J connectivity index is 1.20. The molecule has 0 spiro atoms. The lowest BCUT2D eigenvalue weighted by Crippen LogP contribution is -2.50. The summed E-state index contributed by atoms with van der Waals surface area (Å²) in [7, 11) is 0. The summed E-state index contributed by atoms with van der Waals surface area (Å²) >= 11 is 0. The number of rotatable bonds is 4. The Kier molecular flexibility index (Phi) is 6.07. The van der Waals surface area contributed by atoms with Gasteiger partial charge in [0, 0.05) is 50.3 Å². The quantitative estimate of drug-likeness (QED) is 0.880. The number of pyridine rings is 1. The van der Waals surface area contributed by atoms with Crippen LogP contribution in [0, 0.1) is 0 Å². The minimum Gasteiger partial charge on any atom is -0.490 e. The van der Waals surface area contributed by atoms with E-state index in [9.17, 15) is 4.79 Å². The van der Waals surface area contributed by atoms with E-state index in [-0.39, 0.29) is 12.1 Å². The molecule has 3 heterocycles. The lowest BCUT2D eigenvalue weighted by atomic mass is 9.99. The van der Waals surface area contributed by atoms with Crippen molar-refractivity contribution in [3.8, 4) is 5.75 Å². The van der Waals surface area contributed by atoms with Crippen molar-refractivity contribution in [1.29, 1.82) is 0 Å². The average Bonchev–Trinajstić information content (AvgIpc) is 2.76. The second-order valence-electron chi connectivity index (χ2n) is 7.55. The Morgan fingerprint density at radius 1 is 0.929 bits per heavy atom. The number of benzene rings is 1. The van der Waals surface area contributed by atoms with Crippen LogP contribution >= 0.6 is 0 Å². The van der Waals surface area contributed by atoms with Crippen molar-refractivity contribution in [2.45, 2.75) is 37.8 Å². The number of hydrogen-bond acceptors (Lipinski definition) is 4. The van der Waals surface area contributed by atoms with Crippen LogP contribution in [0.3, 0.4) is 0 Å². The number of piperidine rings is 2. The molecule has 0 saturated carbocycles. The predicted molar refractivity (Wildman–Crippen MR) is 110 cm³/mol. The van der Waals surface area contributed by atoms with Crippen LogP contribution in [0.5, 0.6) is 5.75 Å². The summed E-state index contributed by atoms with van der Waals surface area (Å²) < 4.78 is 6.07. The molecule has 2 amide bonds. The average molecular weight is 380 g/mol. The van der Waals surface area contributed by atoms with Crippen molar-refractivity contribution >= 4 is 11.7 Å². The minimum atomic E-state index is 0.00843. The molecule has 0 radical (unpaired) electrons. The highest BCUT2D eigenvalue weighted by Crippen LogP contribution is 2.24. The molecule has 2 saturated heterocycles. The molecule has 2 aliphatic rings. The fourth-order valence-corrected chi connectivity index (χ4v) is 4.13. The van der Waals surface area contributed by atoms with Gasteiger partial charge in [0.15, 0.2) is 0 Å². The van der Waals surface area contributed by atoms with Gasteiger partial charge in [-0.05, 0) is 49.9 Å². The Hall–Kier alpha value is -2.60. The highest BCUT2D eigenvalue weighted by Gasteiger charge is 2.30. The molecule has 0 unspecified atom stereocenters. The van der Waals surface area contributed by atoms with Gasteiger partial charge in [0.25, 0.3) is 0 Å². The molecular formula is C22H28N4O2. The maximum absolute atomic E-state index is 12.4. The van der Waals surface area contributed by atoms with Crippen LogP contribution in [0.2, 0.25) is 0 Å². The molecule has 2 aliphatic heterocycles. The Morgan fingerprint density at radius 3 is 2.29 bits per heavy atom. The summed E-state index contributed by atoms with van der Waals surface area (Å²) in [6.45, 7) is 3.76. The molecular weight excluding hydrogens is 352 g/mol. The normalized spacial score (nSPS) is 19.4. The summed E-state index contributed by atoms with van der Waals surface area (Å²) in [5.41, 5.74) is 0.853. The zero-order valence-corrected chi connectivity index (χ0v) is 16.2. The van der Waals surface area contributed by atoms with E-state index in [0.29, 0.717) is 6.04 Å². The third-order valence-electron chi connectivity index (χ3n) is 5.72. The Morgan fingerprint density at radius 2 is 1.61 bits per heavy atom. The summed E-state index contributed by atoms with van der Waals surface area (Å²) in [5, 5.41) is 2.99. The second kappa shape index (κ2) is 9.06. The molecule has 2 aromatic rings. The number of nitrogens with zero attached hydrogens (tertiary/aromatic N) is 3. The van der Waals surface area contributed by atoms with E-state index < -0.39 is 0 Å². The van der Waals surface area contributed by atoms with E-state index >= 15 is 0 Å². The van der Waals surface area contributed by atoms with Crippen LogP contribution in [0.15, 0.2) is 54.9 Å². The first-order chi connectivity index (χ1) is 13.8. The van der Waals surface area contributed by atoms with E-state index in [2.05, 4.69) is 15.2 Å². The number of likely N-dealkylation sites (tertiary alicyclic amines) is 2. The summed E-state index contributed by atoms with van der Waals surface area (Å²) in [5.74, 6) is 0.909. The second-order valence-corrected chi connectivity index (χ2v) is 7.55. The molecule has 1 N–H and O–H groups in total. The number of amides is 2. The van der Waals surface area contributed by atoms with Gasteiger partial charge < -0.3 is 15.0 Å². The van der Waals surface area contributed by atoms with Crippen molar-refractivity contribution in [2.24, 2.45) is 0 Å². The van der Waals surface area contributed by atoms with Crippen LogP contribution in [0.1, 0.15) is 25.7 Å². The van der Waals surface area contributed by atoms with Gasteiger partial charge in [-0.1, -0.05) is 18.2 Å². The SMILES string of the molecule is O=C(Nc1ccccc1)N1CCC(N2CCC(Oc3ccncc3)CC2)CC1. The number of hydrogen-bond donors (Lipinski definition) is 1. The molecule has 1 aromatic heterocycles. The van der Waals surface area contributed by atoms with Crippen LogP contribution in [0.25, 0.3) is 0 Å². The number of ether oxygens (including phenoxy) is 1. The first kappa shape index (κ1) is 18.7. The maximum Gasteiger partial charge on any atom is 0.321 e. The number of urea groups is 1. The fourth-order valence-electron chi connectivity index (χ4n) is 4.13. The van der Waals surface area contributed by atoms with Gasteiger partial charge in [0.2, 0.25) is 0 Å². The minimum absolute atomic E-state index is 0.00843. The first-order valence-electron chi connectivity index (χ1n) is 10.2. The lowest BCUT2D eigenvalue weighted by molar-refractivity contribution is 0.0545. The van der Waals surface area contributed by atoms with Crippen molar-refractivity contribution in [3.05, 3.63) is 54.9 Å². The van der Waals surface area contributed by atoms with E-state index in [1.807, 2.05) is 47.4 Å². The number of nitrogens with one attached hydrogen (secondary N) is 1. The summed E-state index contributed by atoms with van der Waals surface area (Å²) in [4.78, 5) is 21.0. The number of carbonyl (C=O) groups excluding carboxylic acids is 1. The van der Waals surface area contributed by atoms with E-state index in [0.717, 1.165) is 63.3 Å². The summed E-state index contributed by atoms with van der Waals surface area (Å²) in [6, 6.07) is 14.1. The van der Waals surface area contributed by atoms with Crippen molar-refractivity contribution in [1.82, 2.24) is 14.8 Å². The third-order valence-corrected chi connectivity index (χ3v) is 5.72. The van der Waals surface area contributed by atoms with Crippen molar-refractivity contribution < 1.29 is 9.53 Å². The molecule has 148 valence electrons. The van der Waals surface area contributed by atoms with Gasteiger partial charge in [0.1, 0.15) is 11.9 Å². The Labute approximate surface area is 166 Å². The van der Waals surface area contributed by atoms with Gasteiger partial charge >= 0.3 is 6.03 Å². The molecule has 28 heavy (non-hydrogen) atoms. The van der Waals surface area contributed by atoms with E-state index in [1.54, 1.807) is 12.4 Å². The fraction of sp³-hybridized carbons (Fsp3) is 0.455. The van der Waals surface area contributed by atoms with Crippen LogP contribution < -0.4 is 10.1 Å². The molecule has 1 aromatic carbocycles. The molecule has 6 heteroatoms. The van der Waals surface area contributed by atoms with Crippen LogP contribution in [-0.2, 0) is 0 Å². The zero-order valence-electron chi connectivity index (χ0n) is 16.2. The zero-order chi connectivity index (χ0) is 19.2. The van der Waals surface area contributed by atoms with Crippen LogP contribution in [-0.4, -0.2) is 59.1 Å². The number of para-hydroxylation sites is 1. The highest BCUT2D eigenvalue weighted by molar-refractivity contribution is 5.89. The third kappa shape index (κ3) is 4.81. The molecule has 6 nitrogen and oxygen atoms in total. The largest absolute Gasteiger partial charge is 0.490 e. The van der Waals surface area contributed by atoms with Gasteiger partial charge in [-0.15, -0.1) is 0 Å². The molecule has 4 rings (SSSR count). The molecule has 0 atom stereocenters. The topological polar surface area (TPSA) is 57.7 Å². The van der Waals surface area contributed by atoms with Crippen LogP contribution in [0.4, 0.5) is 10.5 Å². The van der Waals surface area contributed by atoms with Gasteiger partial charge in [-0.2, -0.15) is 0 Å². The molecule has 0 bridgehead atoms. The van der Waals surface area contributed by atoms with Gasteiger partial charge in [-0.3, -0.25) is 9.88 Å². The standard InChI is InChI=1S/C22H28N4O2/c27-22(24-18-4-2-1-3-5-18)26-14-8-19(9-15-26)25-16-10-21(11-17-25)28-20-6-12-23-13-7-20/h1-7,12-13,19,21H,8-11,14-17H2,(H,24,27). The maximum atomic E-state index is 12.4. The van der Waals surface area contributed by atoms with Gasteiger partial charge in [0.05, 0.1) is 0 Å². The lowest BCUT2D eigenvalue weighted by Gasteiger charge is -2.41. The number of aromatic nitrogens is 1. The first-order valence-corrected chi connectivity index (χ1v) is 10.2. The molecule has 2 fully saturated rings. The van der Waals surface area contributed by atoms with Crippen molar-refractivity contribution in [2.75, 3.05) is 31.5 Å².